The number of morpholine rings is 1. The van der Waals surface area contributed by atoms with Gasteiger partial charge in [-0.15, -0.1) is 11.3 Å². The van der Waals surface area contributed by atoms with Gasteiger partial charge < -0.3 is 14.8 Å². The summed E-state index contributed by atoms with van der Waals surface area (Å²) in [5.41, 5.74) is 0.884. The maximum Gasteiger partial charge on any atom is 0.252 e. The van der Waals surface area contributed by atoms with Crippen molar-refractivity contribution in [3.8, 4) is 5.75 Å². The molecule has 1 aliphatic heterocycles. The number of sulfonamides is 1. The largest absolute Gasteiger partial charge is 0.497 e. The monoisotopic (exact) mass is 410 g/mol. The van der Waals surface area contributed by atoms with Crippen molar-refractivity contribution in [3.63, 3.8) is 0 Å². The van der Waals surface area contributed by atoms with E-state index in [0.717, 1.165) is 16.2 Å². The van der Waals surface area contributed by atoms with Crippen LogP contribution in [0.4, 0.5) is 0 Å². The minimum absolute atomic E-state index is 0.119. The van der Waals surface area contributed by atoms with Crippen LogP contribution in [0.25, 0.3) is 0 Å². The summed E-state index contributed by atoms with van der Waals surface area (Å²) in [5.74, 6) is 0.623. The second-order valence-corrected chi connectivity index (χ2v) is 9.37. The van der Waals surface area contributed by atoms with Gasteiger partial charge in [-0.3, -0.25) is 4.79 Å². The van der Waals surface area contributed by atoms with Crippen molar-refractivity contribution >= 4 is 27.3 Å². The molecule has 0 aliphatic carbocycles. The summed E-state index contributed by atoms with van der Waals surface area (Å²) in [6, 6.07) is 10.6. The van der Waals surface area contributed by atoms with Crippen molar-refractivity contribution in [2.24, 2.45) is 0 Å². The second kappa shape index (κ2) is 8.83. The van der Waals surface area contributed by atoms with Gasteiger partial charge in [0.1, 0.15) is 9.96 Å². The van der Waals surface area contributed by atoms with Crippen molar-refractivity contribution in [3.05, 3.63) is 46.8 Å². The summed E-state index contributed by atoms with van der Waals surface area (Å²) in [5, 5.41) is 2.83. The third-order valence-corrected chi connectivity index (χ3v) is 7.64. The Morgan fingerprint density at radius 3 is 2.56 bits per heavy atom. The summed E-state index contributed by atoms with van der Waals surface area (Å²) >= 11 is 1.18. The molecule has 9 heteroatoms. The van der Waals surface area contributed by atoms with Crippen molar-refractivity contribution in [2.75, 3.05) is 33.4 Å². The molecule has 7 nitrogen and oxygen atoms in total. The van der Waals surface area contributed by atoms with E-state index in [1.165, 1.54) is 15.6 Å². The van der Waals surface area contributed by atoms with Crippen LogP contribution in [0.5, 0.6) is 5.75 Å². The summed E-state index contributed by atoms with van der Waals surface area (Å²) in [7, 11) is -1.89. The molecule has 0 atom stereocenters. The molecule has 1 N–H and O–H groups in total. The van der Waals surface area contributed by atoms with Crippen LogP contribution in [0, 0.1) is 0 Å². The highest BCUT2D eigenvalue weighted by molar-refractivity contribution is 7.91. The molecule has 1 aromatic carbocycles. The first-order chi connectivity index (χ1) is 13.0. The summed E-state index contributed by atoms with van der Waals surface area (Å²) in [4.78, 5) is 12.9. The number of nitrogens with one attached hydrogen (secondary N) is 1. The summed E-state index contributed by atoms with van der Waals surface area (Å²) in [6.07, 6.45) is 0.258. The molecule has 1 fully saturated rings. The van der Waals surface area contributed by atoms with Gasteiger partial charge in [0.2, 0.25) is 5.91 Å². The Morgan fingerprint density at radius 2 is 1.89 bits per heavy atom. The van der Waals surface area contributed by atoms with Crippen LogP contribution in [-0.4, -0.2) is 52.0 Å². The molecule has 1 aliphatic rings. The number of hydrogen-bond donors (Lipinski definition) is 1. The first kappa shape index (κ1) is 19.8. The average molecular weight is 411 g/mol. The Kier molecular flexibility index (Phi) is 6.48. The van der Waals surface area contributed by atoms with E-state index in [9.17, 15) is 13.2 Å². The van der Waals surface area contributed by atoms with Gasteiger partial charge in [-0.1, -0.05) is 12.1 Å². The number of rotatable bonds is 7. The van der Waals surface area contributed by atoms with Crippen LogP contribution >= 0.6 is 11.3 Å². The molecule has 1 aromatic heterocycles. The van der Waals surface area contributed by atoms with Crippen LogP contribution in [0.3, 0.4) is 0 Å². The second-order valence-electron chi connectivity index (χ2n) is 6.04. The van der Waals surface area contributed by atoms with Gasteiger partial charge in [0.05, 0.1) is 33.3 Å². The van der Waals surface area contributed by atoms with Gasteiger partial charge in [-0.05, 0) is 29.8 Å². The topological polar surface area (TPSA) is 84.9 Å². The predicted molar refractivity (Wildman–Crippen MR) is 102 cm³/mol. The number of carbonyl (C=O) groups is 1. The zero-order chi connectivity index (χ0) is 19.3. The Labute approximate surface area is 163 Å². The maximum atomic E-state index is 12.6. The van der Waals surface area contributed by atoms with Crippen molar-refractivity contribution < 1.29 is 22.7 Å². The lowest BCUT2D eigenvalue weighted by atomic mass is 10.1. The number of thiophene rings is 1. The highest BCUT2D eigenvalue weighted by Gasteiger charge is 2.27. The van der Waals surface area contributed by atoms with Crippen LogP contribution in [0.15, 0.2) is 40.6 Å². The van der Waals surface area contributed by atoms with Crippen LogP contribution in [-0.2, 0) is 32.5 Å². The van der Waals surface area contributed by atoms with Gasteiger partial charge in [-0.2, -0.15) is 4.31 Å². The first-order valence-corrected chi connectivity index (χ1v) is 10.8. The number of benzene rings is 1. The average Bonchev–Trinajstić information content (AvgIpc) is 3.18. The lowest BCUT2D eigenvalue weighted by molar-refractivity contribution is -0.120. The van der Waals surface area contributed by atoms with Gasteiger partial charge in [0.25, 0.3) is 10.0 Å². The highest BCUT2D eigenvalue weighted by atomic mass is 32.2. The van der Waals surface area contributed by atoms with E-state index in [4.69, 9.17) is 9.47 Å². The van der Waals surface area contributed by atoms with Crippen LogP contribution in [0.2, 0.25) is 0 Å². The van der Waals surface area contributed by atoms with E-state index in [-0.39, 0.29) is 12.3 Å². The fraction of sp³-hybridized carbons (Fsp3) is 0.389. The van der Waals surface area contributed by atoms with E-state index >= 15 is 0 Å². The van der Waals surface area contributed by atoms with E-state index in [1.54, 1.807) is 19.2 Å². The number of hydrogen-bond acceptors (Lipinski definition) is 6. The Hall–Kier alpha value is -1.94. The SMILES string of the molecule is COc1ccc(CC(=O)NCc2ccc(S(=O)(=O)N3CCOCC3)s2)cc1. The molecule has 0 radical (unpaired) electrons. The molecule has 0 unspecified atom stereocenters. The third kappa shape index (κ3) is 5.07. The van der Waals surface area contributed by atoms with E-state index in [2.05, 4.69) is 5.32 Å². The summed E-state index contributed by atoms with van der Waals surface area (Å²) in [6.45, 7) is 1.87. The van der Waals surface area contributed by atoms with Crippen molar-refractivity contribution in [1.82, 2.24) is 9.62 Å². The van der Waals surface area contributed by atoms with Crippen LogP contribution in [0.1, 0.15) is 10.4 Å². The summed E-state index contributed by atoms with van der Waals surface area (Å²) < 4.78 is 37.3. The lowest BCUT2D eigenvalue weighted by Gasteiger charge is -2.25. The molecule has 0 saturated carbocycles. The molecule has 146 valence electrons. The molecule has 2 aromatic rings. The number of methoxy groups -OCH3 is 1. The number of nitrogens with zero attached hydrogens (tertiary/aromatic N) is 1. The molecule has 3 rings (SSSR count). The third-order valence-electron chi connectivity index (χ3n) is 4.18. The zero-order valence-corrected chi connectivity index (χ0v) is 16.6. The Bertz CT molecular complexity index is 871. The fourth-order valence-electron chi connectivity index (χ4n) is 2.68. The number of amides is 1. The molecule has 1 amide bonds. The van der Waals surface area contributed by atoms with Gasteiger partial charge >= 0.3 is 0 Å². The number of ether oxygens (including phenoxy) is 2. The minimum Gasteiger partial charge on any atom is -0.497 e. The Morgan fingerprint density at radius 1 is 1.19 bits per heavy atom. The van der Waals surface area contributed by atoms with E-state index < -0.39 is 10.0 Å². The molecule has 27 heavy (non-hydrogen) atoms. The molecule has 0 bridgehead atoms. The lowest BCUT2D eigenvalue weighted by Crippen LogP contribution is -2.40. The van der Waals surface area contributed by atoms with Crippen molar-refractivity contribution in [2.45, 2.75) is 17.2 Å². The predicted octanol–water partition coefficient (Wildman–Crippen LogP) is 1.64. The molecule has 1 saturated heterocycles. The Balaban J connectivity index is 1.54. The van der Waals surface area contributed by atoms with E-state index in [0.29, 0.717) is 37.1 Å². The van der Waals surface area contributed by atoms with Crippen molar-refractivity contribution in [1.29, 1.82) is 0 Å². The first-order valence-electron chi connectivity index (χ1n) is 8.55. The molecular weight excluding hydrogens is 388 g/mol. The minimum atomic E-state index is -3.49. The molecule has 2 heterocycles. The zero-order valence-electron chi connectivity index (χ0n) is 15.0. The normalized spacial score (nSPS) is 15.4. The maximum absolute atomic E-state index is 12.6. The molecular formula is C18H22N2O5S2. The van der Waals surface area contributed by atoms with Gasteiger partial charge in [0.15, 0.2) is 0 Å². The van der Waals surface area contributed by atoms with E-state index in [1.807, 2.05) is 24.3 Å². The fourth-order valence-corrected chi connectivity index (χ4v) is 5.54. The van der Waals surface area contributed by atoms with Gasteiger partial charge in [-0.25, -0.2) is 8.42 Å². The number of carbonyl (C=O) groups excluding carboxylic acids is 1. The quantitative estimate of drug-likeness (QED) is 0.750. The highest BCUT2D eigenvalue weighted by Crippen LogP contribution is 2.25. The van der Waals surface area contributed by atoms with Crippen LogP contribution < -0.4 is 10.1 Å². The van der Waals surface area contributed by atoms with Gasteiger partial charge in [0, 0.05) is 18.0 Å². The standard InChI is InChI=1S/C18H22N2O5S2/c1-24-15-4-2-14(3-5-15)12-17(21)19-13-16-6-7-18(26-16)27(22,23)20-8-10-25-11-9-20/h2-7H,8-13H2,1H3,(H,19,21). The molecule has 0 spiro atoms. The smallest absolute Gasteiger partial charge is 0.252 e.